The zero-order valence-electron chi connectivity index (χ0n) is 11.9. The van der Waals surface area contributed by atoms with Gasteiger partial charge in [0.05, 0.1) is 5.41 Å². The molecule has 0 heterocycles. The maximum Gasteiger partial charge on any atom is 0.315 e. The molecule has 2 amide bonds. The number of rotatable bonds is 4. The van der Waals surface area contributed by atoms with Gasteiger partial charge in [0.1, 0.15) is 5.82 Å². The van der Waals surface area contributed by atoms with Crippen LogP contribution in [0.15, 0.2) is 24.3 Å². The number of carboxylic acids is 1. The van der Waals surface area contributed by atoms with Crippen LogP contribution in [-0.4, -0.2) is 23.1 Å². The third kappa shape index (κ3) is 3.51. The molecule has 6 heteroatoms. The second-order valence-corrected chi connectivity index (χ2v) is 5.62. The van der Waals surface area contributed by atoms with Gasteiger partial charge in [-0.15, -0.1) is 0 Å². The molecule has 1 fully saturated rings. The van der Waals surface area contributed by atoms with Gasteiger partial charge in [0.2, 0.25) is 0 Å². The number of carbonyl (C=O) groups excluding carboxylic acids is 1. The van der Waals surface area contributed by atoms with Gasteiger partial charge < -0.3 is 15.7 Å². The van der Waals surface area contributed by atoms with Crippen LogP contribution in [0, 0.1) is 11.2 Å². The van der Waals surface area contributed by atoms with Crippen molar-refractivity contribution in [2.24, 2.45) is 5.41 Å². The first-order valence-corrected chi connectivity index (χ1v) is 6.94. The minimum Gasteiger partial charge on any atom is -0.481 e. The number of urea groups is 1. The zero-order chi connectivity index (χ0) is 15.5. The molecule has 0 aromatic heterocycles. The number of carboxylic acid groups (broad SMARTS) is 1. The highest BCUT2D eigenvalue weighted by Crippen LogP contribution is 2.38. The predicted octanol–water partition coefficient (Wildman–Crippen LogP) is 2.27. The average Bonchev–Trinajstić information content (AvgIpc) is 2.79. The molecule has 0 radical (unpaired) electrons. The number of hydrogen-bond acceptors (Lipinski definition) is 2. The van der Waals surface area contributed by atoms with Crippen LogP contribution in [-0.2, 0) is 11.3 Å². The van der Waals surface area contributed by atoms with Crippen molar-refractivity contribution in [2.45, 2.75) is 38.8 Å². The Morgan fingerprint density at radius 3 is 2.90 bits per heavy atom. The Morgan fingerprint density at radius 1 is 1.48 bits per heavy atom. The largest absolute Gasteiger partial charge is 0.481 e. The summed E-state index contributed by atoms with van der Waals surface area (Å²) in [6.45, 7) is 1.85. The molecule has 0 spiro atoms. The monoisotopic (exact) mass is 294 g/mol. The summed E-state index contributed by atoms with van der Waals surface area (Å²) >= 11 is 0. The van der Waals surface area contributed by atoms with E-state index in [1.54, 1.807) is 19.1 Å². The summed E-state index contributed by atoms with van der Waals surface area (Å²) in [6.07, 6.45) is 1.98. The topological polar surface area (TPSA) is 78.4 Å². The molecule has 21 heavy (non-hydrogen) atoms. The van der Waals surface area contributed by atoms with Crippen LogP contribution < -0.4 is 10.6 Å². The maximum absolute atomic E-state index is 13.0. The van der Waals surface area contributed by atoms with Crippen molar-refractivity contribution in [3.8, 4) is 0 Å². The molecule has 1 aliphatic rings. The maximum atomic E-state index is 13.0. The number of benzene rings is 1. The first-order chi connectivity index (χ1) is 9.91. The molecular formula is C15H19FN2O3. The summed E-state index contributed by atoms with van der Waals surface area (Å²) in [4.78, 5) is 23.2. The van der Waals surface area contributed by atoms with Crippen molar-refractivity contribution in [3.05, 3.63) is 35.6 Å². The molecule has 2 rings (SSSR count). The molecule has 1 saturated carbocycles. The van der Waals surface area contributed by atoms with Crippen molar-refractivity contribution in [1.29, 1.82) is 0 Å². The number of carbonyl (C=O) groups is 2. The van der Waals surface area contributed by atoms with Gasteiger partial charge in [0.25, 0.3) is 0 Å². The van der Waals surface area contributed by atoms with Gasteiger partial charge in [-0.2, -0.15) is 0 Å². The van der Waals surface area contributed by atoms with Crippen LogP contribution >= 0.6 is 0 Å². The van der Waals surface area contributed by atoms with Gasteiger partial charge in [0, 0.05) is 12.6 Å². The second kappa shape index (κ2) is 6.11. The van der Waals surface area contributed by atoms with E-state index in [4.69, 9.17) is 0 Å². The predicted molar refractivity (Wildman–Crippen MR) is 75.2 cm³/mol. The Morgan fingerprint density at radius 2 is 2.24 bits per heavy atom. The third-order valence-electron chi connectivity index (χ3n) is 4.09. The Bertz CT molecular complexity index is 549. The van der Waals surface area contributed by atoms with Gasteiger partial charge in [-0.05, 0) is 37.5 Å². The van der Waals surface area contributed by atoms with Crippen molar-refractivity contribution in [2.75, 3.05) is 0 Å². The number of halogens is 1. The van der Waals surface area contributed by atoms with Crippen LogP contribution in [0.4, 0.5) is 9.18 Å². The molecule has 5 nitrogen and oxygen atoms in total. The van der Waals surface area contributed by atoms with E-state index in [0.29, 0.717) is 18.4 Å². The van der Waals surface area contributed by atoms with E-state index in [0.717, 1.165) is 6.42 Å². The highest BCUT2D eigenvalue weighted by molar-refractivity contribution is 5.79. The fraction of sp³-hybridized carbons (Fsp3) is 0.467. The van der Waals surface area contributed by atoms with E-state index < -0.39 is 17.4 Å². The molecule has 1 aliphatic carbocycles. The Labute approximate surface area is 122 Å². The van der Waals surface area contributed by atoms with Crippen molar-refractivity contribution in [3.63, 3.8) is 0 Å². The highest BCUT2D eigenvalue weighted by Gasteiger charge is 2.45. The minimum absolute atomic E-state index is 0.195. The molecule has 114 valence electrons. The van der Waals surface area contributed by atoms with E-state index in [1.807, 2.05) is 0 Å². The van der Waals surface area contributed by atoms with Crippen molar-refractivity contribution >= 4 is 12.0 Å². The lowest BCUT2D eigenvalue weighted by atomic mass is 9.85. The Kier molecular flexibility index (Phi) is 4.45. The molecule has 1 aromatic rings. The molecule has 0 bridgehead atoms. The van der Waals surface area contributed by atoms with Crippen LogP contribution in [0.5, 0.6) is 0 Å². The third-order valence-corrected chi connectivity index (χ3v) is 4.09. The molecule has 2 atom stereocenters. The Balaban J connectivity index is 1.89. The van der Waals surface area contributed by atoms with Gasteiger partial charge in [-0.3, -0.25) is 4.79 Å². The molecule has 3 N–H and O–H groups in total. The highest BCUT2D eigenvalue weighted by atomic mass is 19.1. The summed E-state index contributed by atoms with van der Waals surface area (Å²) in [5.41, 5.74) is -0.270. The average molecular weight is 294 g/mol. The number of hydrogen-bond donors (Lipinski definition) is 3. The summed E-state index contributed by atoms with van der Waals surface area (Å²) in [6, 6.07) is 5.14. The zero-order valence-corrected chi connectivity index (χ0v) is 11.9. The van der Waals surface area contributed by atoms with E-state index in [9.17, 15) is 19.1 Å². The van der Waals surface area contributed by atoms with E-state index in [2.05, 4.69) is 10.6 Å². The van der Waals surface area contributed by atoms with Gasteiger partial charge >= 0.3 is 12.0 Å². The van der Waals surface area contributed by atoms with Crippen molar-refractivity contribution < 1.29 is 19.1 Å². The fourth-order valence-electron chi connectivity index (χ4n) is 2.69. The lowest BCUT2D eigenvalue weighted by Gasteiger charge is -2.27. The summed E-state index contributed by atoms with van der Waals surface area (Å²) < 4.78 is 13.0. The minimum atomic E-state index is -0.920. The van der Waals surface area contributed by atoms with Crippen molar-refractivity contribution in [1.82, 2.24) is 10.6 Å². The molecule has 0 saturated heterocycles. The second-order valence-electron chi connectivity index (χ2n) is 5.62. The summed E-state index contributed by atoms with van der Waals surface area (Å²) in [7, 11) is 0. The fourth-order valence-corrected chi connectivity index (χ4v) is 2.69. The Hall–Kier alpha value is -2.11. The van der Waals surface area contributed by atoms with E-state index >= 15 is 0 Å². The van der Waals surface area contributed by atoms with E-state index in [-0.39, 0.29) is 18.4 Å². The van der Waals surface area contributed by atoms with Crippen LogP contribution in [0.25, 0.3) is 0 Å². The summed E-state index contributed by atoms with van der Waals surface area (Å²) in [5.74, 6) is -1.25. The van der Waals surface area contributed by atoms with Gasteiger partial charge in [-0.25, -0.2) is 9.18 Å². The smallest absolute Gasteiger partial charge is 0.315 e. The number of aliphatic carboxylic acids is 1. The SMILES string of the molecule is CC1(C(=O)O)CCCC1NC(=O)NCc1cccc(F)c1. The lowest BCUT2D eigenvalue weighted by molar-refractivity contribution is -0.148. The number of nitrogens with one attached hydrogen (secondary N) is 2. The molecule has 1 aromatic carbocycles. The standard InChI is InChI=1S/C15H19FN2O3/c1-15(13(19)20)7-3-6-12(15)18-14(21)17-9-10-4-2-5-11(16)8-10/h2,4-5,8,12H,3,6-7,9H2,1H3,(H,19,20)(H2,17,18,21). The van der Waals surface area contributed by atoms with E-state index in [1.165, 1.54) is 12.1 Å². The first kappa shape index (κ1) is 15.3. The first-order valence-electron chi connectivity index (χ1n) is 6.94. The molecular weight excluding hydrogens is 275 g/mol. The lowest BCUT2D eigenvalue weighted by Crippen LogP contribution is -2.50. The van der Waals surface area contributed by atoms with Crippen LogP contribution in [0.1, 0.15) is 31.7 Å². The normalized spacial score (nSPS) is 24.6. The molecule has 2 unspecified atom stereocenters. The van der Waals surface area contributed by atoms with Crippen LogP contribution in [0.3, 0.4) is 0 Å². The quantitative estimate of drug-likeness (QED) is 0.797. The molecule has 0 aliphatic heterocycles. The van der Waals surface area contributed by atoms with Crippen LogP contribution in [0.2, 0.25) is 0 Å². The number of amides is 2. The van der Waals surface area contributed by atoms with Gasteiger partial charge in [-0.1, -0.05) is 18.6 Å². The summed E-state index contributed by atoms with van der Waals surface area (Å²) in [5, 5.41) is 14.6. The van der Waals surface area contributed by atoms with Gasteiger partial charge in [0.15, 0.2) is 0 Å².